The van der Waals surface area contributed by atoms with Crippen molar-refractivity contribution in [3.05, 3.63) is 0 Å². The lowest BCUT2D eigenvalue weighted by Crippen LogP contribution is -2.51. The molecule has 0 saturated carbocycles. The van der Waals surface area contributed by atoms with Crippen molar-refractivity contribution in [3.8, 4) is 0 Å². The Bertz CT molecular complexity index is 313. The van der Waals surface area contributed by atoms with E-state index in [9.17, 15) is 9.59 Å². The Hall–Kier alpha value is -1.10. The Kier molecular flexibility index (Phi) is 5.35. The van der Waals surface area contributed by atoms with Gasteiger partial charge in [0.25, 0.3) is 0 Å². The summed E-state index contributed by atoms with van der Waals surface area (Å²) in [4.78, 5) is 22.9. The second kappa shape index (κ2) is 5.69. The highest BCUT2D eigenvalue weighted by Gasteiger charge is 2.33. The highest BCUT2D eigenvalue weighted by Crippen LogP contribution is 2.22. The molecule has 0 aromatic heterocycles. The monoisotopic (exact) mass is 258 g/mol. The van der Waals surface area contributed by atoms with Crippen LogP contribution in [0.15, 0.2) is 0 Å². The van der Waals surface area contributed by atoms with Crippen LogP contribution in [0, 0.1) is 10.8 Å². The maximum absolute atomic E-state index is 11.8. The van der Waals surface area contributed by atoms with Crippen LogP contribution in [-0.4, -0.2) is 29.1 Å². The Morgan fingerprint density at radius 2 is 1.56 bits per heavy atom. The first-order chi connectivity index (χ1) is 7.85. The van der Waals surface area contributed by atoms with Gasteiger partial charge in [0.15, 0.2) is 0 Å². The fourth-order valence-electron chi connectivity index (χ4n) is 1.37. The molecule has 0 aliphatic heterocycles. The van der Waals surface area contributed by atoms with Gasteiger partial charge < -0.3 is 16.2 Å². The number of carboxylic acid groups (broad SMARTS) is 1. The van der Waals surface area contributed by atoms with E-state index in [4.69, 9.17) is 10.8 Å². The Morgan fingerprint density at radius 3 is 1.83 bits per heavy atom. The molecule has 106 valence electrons. The third-order valence-corrected chi connectivity index (χ3v) is 2.94. The van der Waals surface area contributed by atoms with Gasteiger partial charge in [0.1, 0.15) is 6.04 Å². The summed E-state index contributed by atoms with van der Waals surface area (Å²) in [6.07, 6.45) is 0.128. The van der Waals surface area contributed by atoms with Gasteiger partial charge in [-0.05, 0) is 10.8 Å². The molecule has 0 radical (unpaired) electrons. The zero-order chi connectivity index (χ0) is 14.7. The number of hydrogen-bond donors (Lipinski definition) is 3. The van der Waals surface area contributed by atoms with E-state index >= 15 is 0 Å². The molecule has 0 aliphatic rings. The van der Waals surface area contributed by atoms with Crippen molar-refractivity contribution in [2.75, 3.05) is 0 Å². The van der Waals surface area contributed by atoms with Gasteiger partial charge in [-0.2, -0.15) is 0 Å². The average molecular weight is 258 g/mol. The molecular formula is C13H26N2O3. The first-order valence-electron chi connectivity index (χ1n) is 6.13. The summed E-state index contributed by atoms with van der Waals surface area (Å²) in [6, 6.07) is -1.20. The van der Waals surface area contributed by atoms with Crippen LogP contribution in [0.1, 0.15) is 48.0 Å². The van der Waals surface area contributed by atoms with E-state index in [-0.39, 0.29) is 23.8 Å². The summed E-state index contributed by atoms with van der Waals surface area (Å²) in [7, 11) is 0. The topological polar surface area (TPSA) is 92.4 Å². The summed E-state index contributed by atoms with van der Waals surface area (Å²) < 4.78 is 0. The highest BCUT2D eigenvalue weighted by molar-refractivity contribution is 5.84. The summed E-state index contributed by atoms with van der Waals surface area (Å²) in [5.74, 6) is -1.35. The lowest BCUT2D eigenvalue weighted by atomic mass is 9.84. The highest BCUT2D eigenvalue weighted by atomic mass is 16.4. The first-order valence-corrected chi connectivity index (χ1v) is 6.13. The van der Waals surface area contributed by atoms with Gasteiger partial charge in [-0.1, -0.05) is 41.5 Å². The van der Waals surface area contributed by atoms with E-state index in [0.717, 1.165) is 0 Å². The van der Waals surface area contributed by atoms with Crippen molar-refractivity contribution < 1.29 is 14.7 Å². The maximum atomic E-state index is 11.8. The van der Waals surface area contributed by atoms with Crippen molar-refractivity contribution in [2.45, 2.75) is 60.0 Å². The molecule has 0 aliphatic carbocycles. The summed E-state index contributed by atoms with van der Waals surface area (Å²) >= 11 is 0. The van der Waals surface area contributed by atoms with Gasteiger partial charge in [0.05, 0.1) is 0 Å². The number of nitrogens with one attached hydrogen (secondary N) is 1. The molecule has 5 nitrogen and oxygen atoms in total. The quantitative estimate of drug-likeness (QED) is 0.710. The average Bonchev–Trinajstić information content (AvgIpc) is 2.10. The molecule has 4 N–H and O–H groups in total. The number of amides is 1. The van der Waals surface area contributed by atoms with Crippen LogP contribution in [0.3, 0.4) is 0 Å². The van der Waals surface area contributed by atoms with Gasteiger partial charge in [0.2, 0.25) is 5.91 Å². The van der Waals surface area contributed by atoms with E-state index in [1.165, 1.54) is 0 Å². The van der Waals surface area contributed by atoms with Gasteiger partial charge in [0, 0.05) is 12.5 Å². The predicted molar refractivity (Wildman–Crippen MR) is 71.1 cm³/mol. The molecule has 0 aromatic rings. The lowest BCUT2D eigenvalue weighted by Gasteiger charge is -2.30. The predicted octanol–water partition coefficient (Wildman–Crippen LogP) is 1.37. The number of nitrogens with two attached hydrogens (primary N) is 1. The zero-order valence-corrected chi connectivity index (χ0v) is 12.2. The third-order valence-electron chi connectivity index (χ3n) is 2.94. The van der Waals surface area contributed by atoms with Crippen molar-refractivity contribution in [3.63, 3.8) is 0 Å². The minimum Gasteiger partial charge on any atom is -0.480 e. The third kappa shape index (κ3) is 5.49. The Balaban J connectivity index is 4.60. The number of aliphatic carboxylic acids is 1. The van der Waals surface area contributed by atoms with Crippen LogP contribution >= 0.6 is 0 Å². The normalized spacial score (nSPS) is 15.9. The SMILES string of the molecule is CC(C)(C)C(N)CC(=O)NC(C(=O)O)C(C)(C)C. The Morgan fingerprint density at radius 1 is 1.11 bits per heavy atom. The molecule has 5 heteroatoms. The molecule has 0 spiro atoms. The van der Waals surface area contributed by atoms with Crippen molar-refractivity contribution in [1.29, 1.82) is 0 Å². The van der Waals surface area contributed by atoms with Crippen LogP contribution in [0.2, 0.25) is 0 Å². The van der Waals surface area contributed by atoms with Crippen LogP contribution < -0.4 is 11.1 Å². The summed E-state index contributed by atoms with van der Waals surface area (Å²) in [6.45, 7) is 11.2. The molecule has 0 saturated heterocycles. The van der Waals surface area contributed by atoms with Crippen LogP contribution in [0.5, 0.6) is 0 Å². The molecule has 2 unspecified atom stereocenters. The molecule has 0 heterocycles. The van der Waals surface area contributed by atoms with Gasteiger partial charge >= 0.3 is 5.97 Å². The minimum atomic E-state index is -1.03. The molecule has 0 rings (SSSR count). The lowest BCUT2D eigenvalue weighted by molar-refractivity contribution is -0.145. The molecular weight excluding hydrogens is 232 g/mol. The standard InChI is InChI=1S/C13H26N2O3/c1-12(2,3)8(14)7-9(16)15-10(11(17)18)13(4,5)6/h8,10H,7,14H2,1-6H3,(H,15,16)(H,17,18). The maximum Gasteiger partial charge on any atom is 0.326 e. The molecule has 0 aromatic carbocycles. The van der Waals surface area contributed by atoms with Gasteiger partial charge in [-0.3, -0.25) is 4.79 Å². The van der Waals surface area contributed by atoms with Gasteiger partial charge in [-0.25, -0.2) is 4.79 Å². The Labute approximate surface area is 109 Å². The van der Waals surface area contributed by atoms with E-state index in [1.54, 1.807) is 20.8 Å². The first kappa shape index (κ1) is 16.9. The van der Waals surface area contributed by atoms with Crippen molar-refractivity contribution in [2.24, 2.45) is 16.6 Å². The summed E-state index contributed by atoms with van der Waals surface area (Å²) in [5, 5.41) is 11.6. The van der Waals surface area contributed by atoms with E-state index in [0.29, 0.717) is 0 Å². The van der Waals surface area contributed by atoms with E-state index < -0.39 is 17.4 Å². The van der Waals surface area contributed by atoms with E-state index in [2.05, 4.69) is 5.32 Å². The summed E-state index contributed by atoms with van der Waals surface area (Å²) in [5.41, 5.74) is 5.19. The molecule has 18 heavy (non-hydrogen) atoms. The van der Waals surface area contributed by atoms with Crippen LogP contribution in [-0.2, 0) is 9.59 Å². The second-order valence-electron chi connectivity index (χ2n) is 6.88. The number of rotatable bonds is 4. The van der Waals surface area contributed by atoms with Crippen LogP contribution in [0.25, 0.3) is 0 Å². The largest absolute Gasteiger partial charge is 0.480 e. The molecule has 0 bridgehead atoms. The van der Waals surface area contributed by atoms with Gasteiger partial charge in [-0.15, -0.1) is 0 Å². The van der Waals surface area contributed by atoms with Crippen molar-refractivity contribution in [1.82, 2.24) is 5.32 Å². The molecule has 2 atom stereocenters. The minimum absolute atomic E-state index is 0.128. The number of hydrogen-bond acceptors (Lipinski definition) is 3. The molecule has 0 fully saturated rings. The van der Waals surface area contributed by atoms with Crippen molar-refractivity contribution >= 4 is 11.9 Å². The number of carboxylic acids is 1. The van der Waals surface area contributed by atoms with Crippen LogP contribution in [0.4, 0.5) is 0 Å². The number of carbonyl (C=O) groups is 2. The fraction of sp³-hybridized carbons (Fsp3) is 0.846. The zero-order valence-electron chi connectivity index (χ0n) is 12.2. The smallest absolute Gasteiger partial charge is 0.326 e. The van der Waals surface area contributed by atoms with E-state index in [1.807, 2.05) is 20.8 Å². The number of carbonyl (C=O) groups excluding carboxylic acids is 1. The fourth-order valence-corrected chi connectivity index (χ4v) is 1.37. The second-order valence-corrected chi connectivity index (χ2v) is 6.88. The molecule has 1 amide bonds.